The molecule has 104 valence electrons. The van der Waals surface area contributed by atoms with E-state index in [0.29, 0.717) is 12.1 Å². The van der Waals surface area contributed by atoms with Gasteiger partial charge >= 0.3 is 5.97 Å². The Morgan fingerprint density at radius 1 is 1.32 bits per heavy atom. The normalized spacial score (nSPS) is 11.8. The van der Waals surface area contributed by atoms with Gasteiger partial charge in [0.25, 0.3) is 0 Å². The molecule has 0 spiro atoms. The van der Waals surface area contributed by atoms with E-state index in [-0.39, 0.29) is 24.8 Å². The Morgan fingerprint density at radius 3 is 2.47 bits per heavy atom. The van der Waals surface area contributed by atoms with E-state index in [1.54, 1.807) is 24.3 Å². The first-order chi connectivity index (χ1) is 9.01. The number of nitrogens with two attached hydrogens (primary N) is 1. The van der Waals surface area contributed by atoms with Gasteiger partial charge < -0.3 is 16.2 Å². The van der Waals surface area contributed by atoms with Crippen molar-refractivity contribution in [3.8, 4) is 0 Å². The van der Waals surface area contributed by atoms with Crippen LogP contribution in [-0.4, -0.2) is 23.0 Å². The van der Waals surface area contributed by atoms with Crippen molar-refractivity contribution in [1.29, 1.82) is 0 Å². The molecule has 0 aliphatic heterocycles. The maximum Gasteiger partial charge on any atom is 0.305 e. The van der Waals surface area contributed by atoms with Crippen molar-refractivity contribution in [2.24, 2.45) is 0 Å². The van der Waals surface area contributed by atoms with E-state index in [4.69, 9.17) is 10.8 Å². The summed E-state index contributed by atoms with van der Waals surface area (Å²) in [4.78, 5) is 22.5. The van der Waals surface area contributed by atoms with Gasteiger partial charge in [0.15, 0.2) is 0 Å². The van der Waals surface area contributed by atoms with Gasteiger partial charge in [-0.3, -0.25) is 9.59 Å². The van der Waals surface area contributed by atoms with Crippen LogP contribution in [0.3, 0.4) is 0 Å². The largest absolute Gasteiger partial charge is 0.481 e. The molecule has 0 heterocycles. The van der Waals surface area contributed by atoms with E-state index < -0.39 is 5.97 Å². The number of carboxylic acids is 1. The summed E-state index contributed by atoms with van der Waals surface area (Å²) in [6, 6.07) is 6.76. The number of carbonyl (C=O) groups excluding carboxylic acids is 1. The van der Waals surface area contributed by atoms with E-state index in [9.17, 15) is 9.59 Å². The molecule has 1 aromatic carbocycles. The van der Waals surface area contributed by atoms with Crippen LogP contribution in [0.4, 0.5) is 5.69 Å². The number of amides is 1. The third-order valence-electron chi connectivity index (χ3n) is 2.77. The topological polar surface area (TPSA) is 92.4 Å². The SMILES string of the molecule is CCCC(CC(=O)O)NC(=O)Cc1ccc(N)cc1. The van der Waals surface area contributed by atoms with Crippen LogP contribution in [0, 0.1) is 0 Å². The van der Waals surface area contributed by atoms with Crippen LogP contribution in [0.15, 0.2) is 24.3 Å². The number of carboxylic acid groups (broad SMARTS) is 1. The second kappa shape index (κ2) is 7.41. The first kappa shape index (κ1) is 15.0. The summed E-state index contributed by atoms with van der Waals surface area (Å²) in [6.07, 6.45) is 1.70. The van der Waals surface area contributed by atoms with E-state index in [2.05, 4.69) is 5.32 Å². The summed E-state index contributed by atoms with van der Waals surface area (Å²) in [5, 5.41) is 11.5. The molecule has 5 heteroatoms. The zero-order valence-corrected chi connectivity index (χ0v) is 11.1. The summed E-state index contributed by atoms with van der Waals surface area (Å²) < 4.78 is 0. The third kappa shape index (κ3) is 5.90. The summed E-state index contributed by atoms with van der Waals surface area (Å²) in [5.41, 5.74) is 7.08. The molecule has 0 bridgehead atoms. The predicted octanol–water partition coefficient (Wildman–Crippen LogP) is 1.57. The highest BCUT2D eigenvalue weighted by Gasteiger charge is 2.15. The van der Waals surface area contributed by atoms with Crippen molar-refractivity contribution >= 4 is 17.6 Å². The zero-order chi connectivity index (χ0) is 14.3. The fourth-order valence-electron chi connectivity index (χ4n) is 1.88. The molecule has 0 saturated carbocycles. The van der Waals surface area contributed by atoms with Crippen molar-refractivity contribution in [2.75, 3.05) is 5.73 Å². The Bertz CT molecular complexity index is 429. The molecule has 5 nitrogen and oxygen atoms in total. The standard InChI is InChI=1S/C14H20N2O3/c1-2-3-12(9-14(18)19)16-13(17)8-10-4-6-11(15)7-5-10/h4-7,12H,2-3,8-9,15H2,1H3,(H,16,17)(H,18,19). The van der Waals surface area contributed by atoms with Gasteiger partial charge in [-0.1, -0.05) is 25.5 Å². The Kier molecular flexibility index (Phi) is 5.85. The molecule has 0 aliphatic carbocycles. The first-order valence-corrected chi connectivity index (χ1v) is 6.36. The monoisotopic (exact) mass is 264 g/mol. The summed E-state index contributed by atoms with van der Waals surface area (Å²) in [7, 11) is 0. The number of nitrogens with one attached hydrogen (secondary N) is 1. The van der Waals surface area contributed by atoms with Gasteiger partial charge in [0.05, 0.1) is 12.8 Å². The summed E-state index contributed by atoms with van der Waals surface area (Å²) in [5.74, 6) is -1.06. The van der Waals surface area contributed by atoms with Crippen molar-refractivity contribution in [1.82, 2.24) is 5.32 Å². The number of aliphatic carboxylic acids is 1. The third-order valence-corrected chi connectivity index (χ3v) is 2.77. The molecule has 19 heavy (non-hydrogen) atoms. The summed E-state index contributed by atoms with van der Waals surface area (Å²) >= 11 is 0. The van der Waals surface area contributed by atoms with Gasteiger partial charge in [-0.15, -0.1) is 0 Å². The molecule has 0 saturated heterocycles. The van der Waals surface area contributed by atoms with Gasteiger partial charge in [-0.25, -0.2) is 0 Å². The fourth-order valence-corrected chi connectivity index (χ4v) is 1.88. The van der Waals surface area contributed by atoms with Gasteiger partial charge in [-0.2, -0.15) is 0 Å². The minimum absolute atomic E-state index is 0.0404. The van der Waals surface area contributed by atoms with Gasteiger partial charge in [-0.05, 0) is 24.1 Å². The average molecular weight is 264 g/mol. The number of rotatable bonds is 7. The van der Waals surface area contributed by atoms with Crippen molar-refractivity contribution in [3.05, 3.63) is 29.8 Å². The lowest BCUT2D eigenvalue weighted by Crippen LogP contribution is -2.37. The van der Waals surface area contributed by atoms with Crippen LogP contribution < -0.4 is 11.1 Å². The van der Waals surface area contributed by atoms with Crippen LogP contribution in [-0.2, 0) is 16.0 Å². The second-order valence-electron chi connectivity index (χ2n) is 4.57. The highest BCUT2D eigenvalue weighted by Crippen LogP contribution is 2.07. The molecular formula is C14H20N2O3. The van der Waals surface area contributed by atoms with Crippen LogP contribution >= 0.6 is 0 Å². The number of hydrogen-bond acceptors (Lipinski definition) is 3. The first-order valence-electron chi connectivity index (χ1n) is 6.36. The minimum Gasteiger partial charge on any atom is -0.481 e. The van der Waals surface area contributed by atoms with E-state index in [1.807, 2.05) is 6.92 Å². The maximum atomic E-state index is 11.8. The Balaban J connectivity index is 2.52. The number of anilines is 1. The number of hydrogen-bond donors (Lipinski definition) is 3. The van der Waals surface area contributed by atoms with Crippen LogP contribution in [0.25, 0.3) is 0 Å². The van der Waals surface area contributed by atoms with Gasteiger partial charge in [0, 0.05) is 11.7 Å². The molecule has 0 radical (unpaired) electrons. The molecular weight excluding hydrogens is 244 g/mol. The lowest BCUT2D eigenvalue weighted by molar-refractivity contribution is -0.137. The smallest absolute Gasteiger partial charge is 0.305 e. The average Bonchev–Trinajstić information content (AvgIpc) is 2.31. The molecule has 1 unspecified atom stereocenters. The Hall–Kier alpha value is -2.04. The van der Waals surface area contributed by atoms with E-state index in [0.717, 1.165) is 12.0 Å². The lowest BCUT2D eigenvalue weighted by atomic mass is 10.1. The highest BCUT2D eigenvalue weighted by atomic mass is 16.4. The van der Waals surface area contributed by atoms with Crippen LogP contribution in [0.1, 0.15) is 31.7 Å². The zero-order valence-electron chi connectivity index (χ0n) is 11.1. The molecule has 1 atom stereocenters. The molecule has 0 aliphatic rings. The maximum absolute atomic E-state index is 11.8. The van der Waals surface area contributed by atoms with Crippen LogP contribution in [0.5, 0.6) is 0 Å². The van der Waals surface area contributed by atoms with Crippen molar-refractivity contribution < 1.29 is 14.7 Å². The summed E-state index contributed by atoms with van der Waals surface area (Å²) in [6.45, 7) is 1.96. The van der Waals surface area contributed by atoms with E-state index in [1.165, 1.54) is 0 Å². The molecule has 1 aromatic rings. The van der Waals surface area contributed by atoms with Crippen molar-refractivity contribution in [2.45, 2.75) is 38.6 Å². The number of nitrogen functional groups attached to an aromatic ring is 1. The fraction of sp³-hybridized carbons (Fsp3) is 0.429. The highest BCUT2D eigenvalue weighted by molar-refractivity contribution is 5.79. The molecule has 0 fully saturated rings. The Labute approximate surface area is 112 Å². The lowest BCUT2D eigenvalue weighted by Gasteiger charge is -2.16. The van der Waals surface area contributed by atoms with Gasteiger partial charge in [0.1, 0.15) is 0 Å². The van der Waals surface area contributed by atoms with Crippen LogP contribution in [0.2, 0.25) is 0 Å². The molecule has 1 amide bonds. The number of carbonyl (C=O) groups is 2. The molecule has 0 aromatic heterocycles. The van der Waals surface area contributed by atoms with Gasteiger partial charge in [0.2, 0.25) is 5.91 Å². The quantitative estimate of drug-likeness (QED) is 0.652. The van der Waals surface area contributed by atoms with Crippen molar-refractivity contribution in [3.63, 3.8) is 0 Å². The molecule has 1 rings (SSSR count). The second-order valence-corrected chi connectivity index (χ2v) is 4.57. The minimum atomic E-state index is -0.897. The van der Waals surface area contributed by atoms with E-state index >= 15 is 0 Å². The number of benzene rings is 1. The molecule has 4 N–H and O–H groups in total. The predicted molar refractivity (Wildman–Crippen MR) is 73.6 cm³/mol. The Morgan fingerprint density at radius 2 is 1.95 bits per heavy atom.